The Kier molecular flexibility index (Phi) is 3.54. The highest BCUT2D eigenvalue weighted by Crippen LogP contribution is 2.35. The lowest BCUT2D eigenvalue weighted by atomic mass is 10.3. The van der Waals surface area contributed by atoms with Crippen LogP contribution in [0.5, 0.6) is 0 Å². The number of esters is 1. The molecule has 0 N–H and O–H groups in total. The summed E-state index contributed by atoms with van der Waals surface area (Å²) in [6.07, 6.45) is -11.7. The first-order chi connectivity index (χ1) is 6.38. The van der Waals surface area contributed by atoms with E-state index in [0.717, 1.165) is 0 Å². The number of ether oxygens (including phenoxy) is 1. The highest BCUT2D eigenvalue weighted by atomic mass is 19.4. The van der Waals surface area contributed by atoms with E-state index >= 15 is 0 Å². The Labute approximate surface area is 76.8 Å². The number of halogens is 8. The highest BCUT2D eigenvalue weighted by Gasteiger charge is 2.59. The summed E-state index contributed by atoms with van der Waals surface area (Å²) >= 11 is 0. The minimum absolute atomic E-state index is 2.70. The highest BCUT2D eigenvalue weighted by molar-refractivity contribution is 5.75. The van der Waals surface area contributed by atoms with Gasteiger partial charge in [-0.2, -0.15) is 35.1 Å². The first-order valence-corrected chi connectivity index (χ1v) is 3.06. The normalized spacial score (nSPS) is 13.9. The molecule has 0 aromatic rings. The summed E-state index contributed by atoms with van der Waals surface area (Å²) in [5, 5.41) is 0. The lowest BCUT2D eigenvalue weighted by Gasteiger charge is -2.19. The quantitative estimate of drug-likeness (QED) is 0.552. The van der Waals surface area contributed by atoms with Crippen molar-refractivity contribution in [2.75, 3.05) is 6.61 Å². The Morgan fingerprint density at radius 3 is 1.60 bits per heavy atom. The van der Waals surface area contributed by atoms with Crippen LogP contribution in [0.3, 0.4) is 0 Å². The molecule has 0 atom stereocenters. The van der Waals surface area contributed by atoms with Gasteiger partial charge in [-0.25, -0.2) is 4.79 Å². The molecule has 0 rings (SSSR count). The second-order valence-electron chi connectivity index (χ2n) is 2.28. The summed E-state index contributed by atoms with van der Waals surface area (Å²) in [4.78, 5) is 9.79. The average molecular weight is 246 g/mol. The van der Waals surface area contributed by atoms with Gasteiger partial charge in [-0.3, -0.25) is 0 Å². The van der Waals surface area contributed by atoms with Crippen molar-refractivity contribution in [1.82, 2.24) is 0 Å². The van der Waals surface area contributed by atoms with E-state index < -0.39 is 30.9 Å². The molecule has 2 nitrogen and oxygen atoms in total. The summed E-state index contributed by atoms with van der Waals surface area (Å²) in [6.45, 7) is -2.70. The molecule has 0 radical (unpaired) electrons. The maximum Gasteiger partial charge on any atom is 0.490 e. The molecule has 0 amide bonds. The fourth-order valence-electron chi connectivity index (χ4n) is 0.320. The predicted molar refractivity (Wildman–Crippen MR) is 28.0 cm³/mol. The number of alkyl halides is 8. The molecule has 90 valence electrons. The Balaban J connectivity index is 4.36. The molecule has 15 heavy (non-hydrogen) atoms. The van der Waals surface area contributed by atoms with E-state index in [9.17, 15) is 39.9 Å². The number of hydrogen-bond acceptors (Lipinski definition) is 2. The molecular formula is C5H2F8O2. The summed E-state index contributed by atoms with van der Waals surface area (Å²) in [6, 6.07) is 0. The van der Waals surface area contributed by atoms with Gasteiger partial charge in [0.15, 0.2) is 6.61 Å². The van der Waals surface area contributed by atoms with E-state index in [1.54, 1.807) is 0 Å². The molecule has 10 heteroatoms. The fourth-order valence-corrected chi connectivity index (χ4v) is 0.320. The summed E-state index contributed by atoms with van der Waals surface area (Å²) in [5.74, 6) is -8.61. The van der Waals surface area contributed by atoms with Crippen molar-refractivity contribution in [2.45, 2.75) is 18.3 Å². The van der Waals surface area contributed by atoms with Crippen LogP contribution in [-0.4, -0.2) is 30.9 Å². The standard InChI is InChI=1S/C5H2F8O2/c6-3(7,5(11,12)13)1-15-2(14)4(8,9)10/h1H2. The van der Waals surface area contributed by atoms with Gasteiger partial charge < -0.3 is 4.74 Å². The van der Waals surface area contributed by atoms with E-state index in [0.29, 0.717) is 0 Å². The van der Waals surface area contributed by atoms with Crippen LogP contribution in [-0.2, 0) is 9.53 Å². The van der Waals surface area contributed by atoms with Crippen LogP contribution in [0.25, 0.3) is 0 Å². The fraction of sp³-hybridized carbons (Fsp3) is 0.800. The average Bonchev–Trinajstić information content (AvgIpc) is 1.96. The Morgan fingerprint density at radius 1 is 0.933 bits per heavy atom. The molecule has 0 aromatic carbocycles. The predicted octanol–water partition coefficient (Wildman–Crippen LogP) is 2.29. The van der Waals surface area contributed by atoms with Gasteiger partial charge in [0, 0.05) is 0 Å². The lowest BCUT2D eigenvalue weighted by molar-refractivity contribution is -0.297. The van der Waals surface area contributed by atoms with Gasteiger partial charge in [0.25, 0.3) is 0 Å². The van der Waals surface area contributed by atoms with Crippen molar-refractivity contribution < 1.29 is 44.7 Å². The zero-order chi connectivity index (χ0) is 12.5. The van der Waals surface area contributed by atoms with Crippen LogP contribution < -0.4 is 0 Å². The van der Waals surface area contributed by atoms with Crippen molar-refractivity contribution in [3.63, 3.8) is 0 Å². The van der Waals surface area contributed by atoms with Crippen LogP contribution in [0.2, 0.25) is 0 Å². The Hall–Kier alpha value is -1.09. The van der Waals surface area contributed by atoms with Gasteiger partial charge in [0.2, 0.25) is 0 Å². The monoisotopic (exact) mass is 246 g/mol. The molecule has 0 heterocycles. The van der Waals surface area contributed by atoms with Crippen LogP contribution in [0.1, 0.15) is 0 Å². The molecule has 0 aromatic heterocycles. The molecule has 0 fully saturated rings. The number of carbonyl (C=O) groups excluding carboxylic acids is 1. The molecular weight excluding hydrogens is 244 g/mol. The van der Waals surface area contributed by atoms with Gasteiger partial charge in [-0.15, -0.1) is 0 Å². The summed E-state index contributed by atoms with van der Waals surface area (Å²) < 4.78 is 94.6. The van der Waals surface area contributed by atoms with Gasteiger partial charge in [-0.1, -0.05) is 0 Å². The Morgan fingerprint density at radius 2 is 1.33 bits per heavy atom. The first-order valence-electron chi connectivity index (χ1n) is 3.06. The second kappa shape index (κ2) is 3.81. The molecule has 0 saturated heterocycles. The third-order valence-corrected chi connectivity index (χ3v) is 1.03. The number of carbonyl (C=O) groups is 1. The zero-order valence-corrected chi connectivity index (χ0v) is 6.55. The Bertz CT molecular complexity index is 238. The maximum atomic E-state index is 11.9. The SMILES string of the molecule is O=C(OCC(F)(F)C(F)(F)F)C(F)(F)F. The minimum Gasteiger partial charge on any atom is -0.452 e. The third kappa shape index (κ3) is 3.88. The molecule has 0 spiro atoms. The third-order valence-electron chi connectivity index (χ3n) is 1.03. The van der Waals surface area contributed by atoms with E-state index in [1.807, 2.05) is 0 Å². The van der Waals surface area contributed by atoms with Crippen molar-refractivity contribution in [1.29, 1.82) is 0 Å². The van der Waals surface area contributed by atoms with Gasteiger partial charge in [0.05, 0.1) is 0 Å². The van der Waals surface area contributed by atoms with Crippen molar-refractivity contribution in [3.8, 4) is 0 Å². The zero-order valence-electron chi connectivity index (χ0n) is 6.55. The van der Waals surface area contributed by atoms with Gasteiger partial charge in [-0.05, 0) is 0 Å². The second-order valence-corrected chi connectivity index (χ2v) is 2.28. The molecule has 0 unspecified atom stereocenters. The topological polar surface area (TPSA) is 26.3 Å². The summed E-state index contributed by atoms with van der Waals surface area (Å²) in [7, 11) is 0. The molecule has 0 aliphatic carbocycles. The molecule has 0 bridgehead atoms. The van der Waals surface area contributed by atoms with E-state index in [1.165, 1.54) is 0 Å². The van der Waals surface area contributed by atoms with Crippen LogP contribution in [0.4, 0.5) is 35.1 Å². The molecule has 0 aliphatic rings. The number of rotatable bonds is 2. The van der Waals surface area contributed by atoms with E-state index in [-0.39, 0.29) is 0 Å². The molecule has 0 saturated carbocycles. The minimum atomic E-state index is -6.07. The largest absolute Gasteiger partial charge is 0.490 e. The lowest BCUT2D eigenvalue weighted by Crippen LogP contribution is -2.42. The first kappa shape index (κ1) is 13.9. The van der Waals surface area contributed by atoms with Crippen molar-refractivity contribution in [3.05, 3.63) is 0 Å². The number of hydrogen-bond donors (Lipinski definition) is 0. The van der Waals surface area contributed by atoms with Gasteiger partial charge in [0.1, 0.15) is 0 Å². The van der Waals surface area contributed by atoms with Crippen molar-refractivity contribution in [2.24, 2.45) is 0 Å². The maximum absolute atomic E-state index is 11.9. The van der Waals surface area contributed by atoms with Crippen LogP contribution >= 0.6 is 0 Å². The van der Waals surface area contributed by atoms with Crippen LogP contribution in [0.15, 0.2) is 0 Å². The molecule has 0 aliphatic heterocycles. The van der Waals surface area contributed by atoms with Gasteiger partial charge >= 0.3 is 24.2 Å². The van der Waals surface area contributed by atoms with E-state index in [4.69, 9.17) is 0 Å². The van der Waals surface area contributed by atoms with Crippen molar-refractivity contribution >= 4 is 5.97 Å². The van der Waals surface area contributed by atoms with E-state index in [2.05, 4.69) is 4.74 Å². The van der Waals surface area contributed by atoms with Crippen LogP contribution in [0, 0.1) is 0 Å². The smallest absolute Gasteiger partial charge is 0.452 e. The summed E-state index contributed by atoms with van der Waals surface area (Å²) in [5.41, 5.74) is 0.